The predicted octanol–water partition coefficient (Wildman–Crippen LogP) is 0.988. The molecular formula is C10H11FN2O. The maximum atomic E-state index is 13.5. The highest BCUT2D eigenvalue weighted by Crippen LogP contribution is 2.19. The van der Waals surface area contributed by atoms with Crippen LogP contribution in [0.25, 0.3) is 0 Å². The highest BCUT2D eigenvalue weighted by atomic mass is 19.1. The molecule has 1 aromatic carbocycles. The molecule has 0 radical (unpaired) electrons. The van der Waals surface area contributed by atoms with E-state index in [-0.39, 0.29) is 5.91 Å². The van der Waals surface area contributed by atoms with E-state index in [0.717, 1.165) is 0 Å². The topological polar surface area (TPSA) is 41.1 Å². The number of carbonyl (C=O) groups excluding carboxylic acids is 1. The maximum Gasteiger partial charge on any atom is 0.251 e. The van der Waals surface area contributed by atoms with Crippen LogP contribution < -0.4 is 10.6 Å². The molecule has 1 aliphatic heterocycles. The maximum absolute atomic E-state index is 13.5. The fraction of sp³-hybridized carbons (Fsp3) is 0.300. The van der Waals surface area contributed by atoms with E-state index in [1.807, 2.05) is 0 Å². The second-order valence-corrected chi connectivity index (χ2v) is 3.16. The Labute approximate surface area is 81.3 Å². The monoisotopic (exact) mass is 194 g/mol. The van der Waals surface area contributed by atoms with E-state index in [0.29, 0.717) is 24.2 Å². The summed E-state index contributed by atoms with van der Waals surface area (Å²) >= 11 is 0. The molecule has 2 rings (SSSR count). The molecule has 0 spiro atoms. The van der Waals surface area contributed by atoms with Crippen LogP contribution in [0.15, 0.2) is 24.3 Å². The van der Waals surface area contributed by atoms with Crippen LogP contribution in [0.3, 0.4) is 0 Å². The average molecular weight is 194 g/mol. The van der Waals surface area contributed by atoms with Crippen molar-refractivity contribution in [3.8, 4) is 0 Å². The number of amides is 1. The highest BCUT2D eigenvalue weighted by Gasteiger charge is 2.19. The molecule has 1 aromatic rings. The van der Waals surface area contributed by atoms with E-state index in [1.165, 1.54) is 0 Å². The first-order valence-electron chi connectivity index (χ1n) is 4.53. The Morgan fingerprint density at radius 2 is 2.07 bits per heavy atom. The van der Waals surface area contributed by atoms with E-state index in [9.17, 15) is 9.18 Å². The number of benzene rings is 1. The van der Waals surface area contributed by atoms with Crippen LogP contribution in [0.1, 0.15) is 22.2 Å². The number of hydrogen-bond donors (Lipinski definition) is 2. The zero-order chi connectivity index (χ0) is 9.97. The lowest BCUT2D eigenvalue weighted by atomic mass is 10.1. The summed E-state index contributed by atoms with van der Waals surface area (Å²) < 4.78 is 13.5. The minimum atomic E-state index is -1.25. The zero-order valence-corrected chi connectivity index (χ0v) is 7.59. The van der Waals surface area contributed by atoms with Gasteiger partial charge in [-0.25, -0.2) is 4.39 Å². The van der Waals surface area contributed by atoms with Gasteiger partial charge in [-0.1, -0.05) is 18.2 Å². The van der Waals surface area contributed by atoms with Crippen molar-refractivity contribution in [3.05, 3.63) is 35.4 Å². The molecule has 74 valence electrons. The summed E-state index contributed by atoms with van der Waals surface area (Å²) in [6.45, 7) is 0.898. The van der Waals surface area contributed by atoms with Crippen LogP contribution in [-0.2, 0) is 0 Å². The third-order valence-electron chi connectivity index (χ3n) is 2.21. The standard InChI is InChI=1S/C10H11FN2O/c11-9-7-3-1-2-4-8(7)10(14)13-6-5-12-9/h1-4,9,12H,5-6H2,(H,13,14). The normalized spacial score (nSPS) is 21.8. The van der Waals surface area contributed by atoms with Crippen molar-refractivity contribution < 1.29 is 9.18 Å². The van der Waals surface area contributed by atoms with Gasteiger partial charge in [-0.15, -0.1) is 0 Å². The second-order valence-electron chi connectivity index (χ2n) is 3.16. The van der Waals surface area contributed by atoms with Gasteiger partial charge in [-0.2, -0.15) is 0 Å². The number of carbonyl (C=O) groups is 1. The Morgan fingerprint density at radius 3 is 2.93 bits per heavy atom. The number of hydrogen-bond acceptors (Lipinski definition) is 2. The molecule has 0 saturated carbocycles. The molecule has 14 heavy (non-hydrogen) atoms. The molecule has 4 heteroatoms. The number of alkyl halides is 1. The Morgan fingerprint density at radius 1 is 1.29 bits per heavy atom. The molecule has 0 fully saturated rings. The quantitative estimate of drug-likeness (QED) is 0.605. The Bertz CT molecular complexity index is 354. The lowest BCUT2D eigenvalue weighted by Crippen LogP contribution is -2.36. The van der Waals surface area contributed by atoms with Gasteiger partial charge in [0.2, 0.25) is 0 Å². The molecule has 0 aromatic heterocycles. The first-order valence-corrected chi connectivity index (χ1v) is 4.53. The number of halogens is 1. The summed E-state index contributed by atoms with van der Waals surface area (Å²) in [5.41, 5.74) is 0.817. The molecule has 0 saturated heterocycles. The lowest BCUT2D eigenvalue weighted by molar-refractivity contribution is 0.0942. The Kier molecular flexibility index (Phi) is 2.45. The highest BCUT2D eigenvalue weighted by molar-refractivity contribution is 5.95. The van der Waals surface area contributed by atoms with Crippen molar-refractivity contribution in [1.82, 2.24) is 10.6 Å². The van der Waals surface area contributed by atoms with Gasteiger partial charge in [-0.05, 0) is 6.07 Å². The summed E-state index contributed by atoms with van der Waals surface area (Å²) in [6.07, 6.45) is -1.25. The van der Waals surface area contributed by atoms with E-state index < -0.39 is 6.30 Å². The van der Waals surface area contributed by atoms with E-state index in [4.69, 9.17) is 0 Å². The molecule has 0 aliphatic carbocycles. The predicted molar refractivity (Wildman–Crippen MR) is 50.6 cm³/mol. The molecule has 1 amide bonds. The van der Waals surface area contributed by atoms with Gasteiger partial charge in [0, 0.05) is 24.2 Å². The van der Waals surface area contributed by atoms with Crippen LogP contribution in [0.5, 0.6) is 0 Å². The van der Waals surface area contributed by atoms with Crippen LogP contribution in [0, 0.1) is 0 Å². The molecular weight excluding hydrogens is 183 g/mol. The SMILES string of the molecule is O=C1NCCNC(F)c2ccccc21. The summed E-state index contributed by atoms with van der Waals surface area (Å²) in [5.74, 6) is -0.204. The minimum absolute atomic E-state index is 0.204. The average Bonchev–Trinajstić information content (AvgIpc) is 2.22. The molecule has 3 nitrogen and oxygen atoms in total. The Hall–Kier alpha value is -1.42. The third kappa shape index (κ3) is 1.61. The molecule has 2 N–H and O–H groups in total. The summed E-state index contributed by atoms with van der Waals surface area (Å²) in [5, 5.41) is 5.37. The minimum Gasteiger partial charge on any atom is -0.351 e. The summed E-state index contributed by atoms with van der Waals surface area (Å²) in [4.78, 5) is 11.5. The first-order chi connectivity index (χ1) is 6.79. The molecule has 1 unspecified atom stereocenters. The van der Waals surface area contributed by atoms with Crippen molar-refractivity contribution in [3.63, 3.8) is 0 Å². The molecule has 1 atom stereocenters. The van der Waals surface area contributed by atoms with Crippen molar-refractivity contribution in [2.45, 2.75) is 6.30 Å². The smallest absolute Gasteiger partial charge is 0.251 e. The zero-order valence-electron chi connectivity index (χ0n) is 7.59. The van der Waals surface area contributed by atoms with E-state index in [1.54, 1.807) is 24.3 Å². The van der Waals surface area contributed by atoms with Gasteiger partial charge < -0.3 is 5.32 Å². The van der Waals surface area contributed by atoms with Crippen LogP contribution in [-0.4, -0.2) is 19.0 Å². The summed E-state index contributed by atoms with van der Waals surface area (Å²) in [7, 11) is 0. The van der Waals surface area contributed by atoms with Crippen LogP contribution in [0.4, 0.5) is 4.39 Å². The first kappa shape index (κ1) is 9.15. The number of rotatable bonds is 0. The van der Waals surface area contributed by atoms with Gasteiger partial charge in [-0.3, -0.25) is 10.1 Å². The van der Waals surface area contributed by atoms with Gasteiger partial charge >= 0.3 is 0 Å². The van der Waals surface area contributed by atoms with Crippen molar-refractivity contribution in [1.29, 1.82) is 0 Å². The number of fused-ring (bicyclic) bond motifs is 1. The van der Waals surface area contributed by atoms with E-state index in [2.05, 4.69) is 10.6 Å². The fourth-order valence-corrected chi connectivity index (χ4v) is 1.50. The Balaban J connectivity index is 2.44. The van der Waals surface area contributed by atoms with Gasteiger partial charge in [0.15, 0.2) is 6.30 Å². The fourth-order valence-electron chi connectivity index (χ4n) is 1.50. The van der Waals surface area contributed by atoms with Crippen molar-refractivity contribution >= 4 is 5.91 Å². The number of nitrogens with one attached hydrogen (secondary N) is 2. The van der Waals surface area contributed by atoms with Crippen molar-refractivity contribution in [2.75, 3.05) is 13.1 Å². The second kappa shape index (κ2) is 3.75. The van der Waals surface area contributed by atoms with Gasteiger partial charge in [0.25, 0.3) is 5.91 Å². The van der Waals surface area contributed by atoms with Gasteiger partial charge in [0.05, 0.1) is 0 Å². The largest absolute Gasteiger partial charge is 0.351 e. The molecule has 1 heterocycles. The molecule has 0 bridgehead atoms. The van der Waals surface area contributed by atoms with E-state index >= 15 is 0 Å². The van der Waals surface area contributed by atoms with Gasteiger partial charge in [0.1, 0.15) is 0 Å². The third-order valence-corrected chi connectivity index (χ3v) is 2.21. The summed E-state index contributed by atoms with van der Waals surface area (Å²) in [6, 6.07) is 6.71. The lowest BCUT2D eigenvalue weighted by Gasteiger charge is -2.18. The molecule has 1 aliphatic rings. The van der Waals surface area contributed by atoms with Crippen LogP contribution >= 0.6 is 0 Å². The van der Waals surface area contributed by atoms with Crippen molar-refractivity contribution in [2.24, 2.45) is 0 Å². The van der Waals surface area contributed by atoms with Crippen LogP contribution in [0.2, 0.25) is 0 Å².